The fraction of sp³-hybridized carbons (Fsp3) is 0.583. The topological polar surface area (TPSA) is 83.8 Å². The van der Waals surface area contributed by atoms with Gasteiger partial charge in [-0.1, -0.05) is 44.6 Å². The number of ketones is 1. The highest BCUT2D eigenvalue weighted by molar-refractivity contribution is 6.04. The van der Waals surface area contributed by atoms with Crippen LogP contribution < -0.4 is 0 Å². The van der Waals surface area contributed by atoms with Gasteiger partial charge in [0.2, 0.25) is 0 Å². The maximum Gasteiger partial charge on any atom is 0.309 e. The molecule has 1 aliphatic carbocycles. The van der Waals surface area contributed by atoms with Crippen molar-refractivity contribution in [3.05, 3.63) is 47.6 Å². The molecule has 0 aliphatic heterocycles. The third-order valence-electron chi connectivity index (χ3n) is 5.11. The van der Waals surface area contributed by atoms with Crippen molar-refractivity contribution in [3.63, 3.8) is 0 Å². The van der Waals surface area contributed by atoms with Crippen LogP contribution in [0.1, 0.15) is 60.8 Å². The van der Waals surface area contributed by atoms with Crippen LogP contribution in [0.5, 0.6) is 0 Å². The van der Waals surface area contributed by atoms with Crippen LogP contribution in [0.15, 0.2) is 47.6 Å². The van der Waals surface area contributed by atoms with Crippen molar-refractivity contribution in [3.8, 4) is 0 Å². The van der Waals surface area contributed by atoms with Crippen LogP contribution in [0.3, 0.4) is 0 Å². The Morgan fingerprint density at radius 1 is 1.31 bits per heavy atom. The summed E-state index contributed by atoms with van der Waals surface area (Å²) in [6, 6.07) is 0. The molecule has 0 radical (unpaired) electrons. The number of ether oxygens (including phenoxy) is 1. The van der Waals surface area contributed by atoms with Gasteiger partial charge < -0.3 is 14.9 Å². The van der Waals surface area contributed by atoms with Gasteiger partial charge in [0.1, 0.15) is 5.60 Å². The summed E-state index contributed by atoms with van der Waals surface area (Å²) in [5.74, 6) is -1.13. The van der Waals surface area contributed by atoms with E-state index in [0.29, 0.717) is 6.42 Å². The first-order chi connectivity index (χ1) is 13.4. The highest BCUT2D eigenvalue weighted by atomic mass is 16.6. The zero-order valence-electron chi connectivity index (χ0n) is 18.6. The maximum absolute atomic E-state index is 12.5. The molecule has 0 bridgehead atoms. The third-order valence-corrected chi connectivity index (χ3v) is 5.11. The van der Waals surface area contributed by atoms with E-state index in [1.165, 1.54) is 24.6 Å². The molecule has 0 aromatic carbocycles. The van der Waals surface area contributed by atoms with E-state index >= 15 is 0 Å². The van der Waals surface area contributed by atoms with Gasteiger partial charge in [-0.15, -0.1) is 0 Å². The first-order valence-corrected chi connectivity index (χ1v) is 10.2. The number of aliphatic hydroxyl groups excluding tert-OH is 1. The molecule has 3 atom stereocenters. The van der Waals surface area contributed by atoms with Gasteiger partial charge in [-0.05, 0) is 63.7 Å². The highest BCUT2D eigenvalue weighted by Gasteiger charge is 2.33. The summed E-state index contributed by atoms with van der Waals surface area (Å²) in [5.41, 5.74) is -0.388. The smallest absolute Gasteiger partial charge is 0.309 e. The second-order valence-electron chi connectivity index (χ2n) is 8.86. The molecule has 29 heavy (non-hydrogen) atoms. The fourth-order valence-corrected chi connectivity index (χ4v) is 2.92. The minimum atomic E-state index is -1.57. The van der Waals surface area contributed by atoms with Crippen LogP contribution in [0, 0.1) is 11.3 Å². The van der Waals surface area contributed by atoms with Crippen LogP contribution in [0.2, 0.25) is 0 Å². The molecule has 0 heterocycles. The number of rotatable bonds is 6. The molecule has 0 saturated heterocycles. The molecule has 5 heteroatoms. The van der Waals surface area contributed by atoms with E-state index in [0.717, 1.165) is 12.8 Å². The van der Waals surface area contributed by atoms with E-state index in [1.807, 2.05) is 19.9 Å². The molecular formula is C24H36O5. The average Bonchev–Trinajstić information content (AvgIpc) is 2.63. The van der Waals surface area contributed by atoms with Crippen LogP contribution in [-0.2, 0) is 14.3 Å². The minimum Gasteiger partial charge on any atom is -0.454 e. The first kappa shape index (κ1) is 25.1. The monoisotopic (exact) mass is 404 g/mol. The molecule has 2 N–H and O–H groups in total. The van der Waals surface area contributed by atoms with Crippen LogP contribution in [-0.4, -0.2) is 40.3 Å². The number of hydrogen-bond donors (Lipinski definition) is 2. The Hall–Kier alpha value is -1.98. The summed E-state index contributed by atoms with van der Waals surface area (Å²) < 4.78 is 5.55. The van der Waals surface area contributed by atoms with Crippen molar-refractivity contribution in [1.29, 1.82) is 0 Å². The third kappa shape index (κ3) is 8.11. The summed E-state index contributed by atoms with van der Waals surface area (Å²) in [6.45, 7) is 10.7. The predicted molar refractivity (Wildman–Crippen MR) is 115 cm³/mol. The van der Waals surface area contributed by atoms with Crippen molar-refractivity contribution in [2.75, 3.05) is 6.61 Å². The summed E-state index contributed by atoms with van der Waals surface area (Å²) in [7, 11) is 0. The van der Waals surface area contributed by atoms with Gasteiger partial charge in [0, 0.05) is 5.57 Å². The summed E-state index contributed by atoms with van der Waals surface area (Å²) in [6.07, 6.45) is 11.4. The van der Waals surface area contributed by atoms with E-state index in [9.17, 15) is 19.8 Å². The zero-order valence-corrected chi connectivity index (χ0v) is 18.6. The van der Waals surface area contributed by atoms with Gasteiger partial charge >= 0.3 is 5.97 Å². The lowest BCUT2D eigenvalue weighted by molar-refractivity contribution is -0.158. The van der Waals surface area contributed by atoms with Gasteiger partial charge in [0.15, 0.2) is 11.9 Å². The Bertz CT molecular complexity index is 705. The molecule has 0 fully saturated rings. The molecule has 0 saturated carbocycles. The number of esters is 1. The molecule has 0 aromatic heterocycles. The molecule has 5 nitrogen and oxygen atoms in total. The molecule has 1 aliphatic rings. The van der Waals surface area contributed by atoms with E-state index in [2.05, 4.69) is 13.0 Å². The number of hydrogen-bond acceptors (Lipinski definition) is 5. The Labute approximate surface area is 174 Å². The zero-order chi connectivity index (χ0) is 22.2. The minimum absolute atomic E-state index is 0.288. The van der Waals surface area contributed by atoms with Gasteiger partial charge in [-0.2, -0.15) is 0 Å². The van der Waals surface area contributed by atoms with Crippen LogP contribution in [0.4, 0.5) is 0 Å². The molecule has 162 valence electrons. The Morgan fingerprint density at radius 3 is 2.52 bits per heavy atom. The summed E-state index contributed by atoms with van der Waals surface area (Å²) >= 11 is 0. The highest BCUT2D eigenvalue weighted by Crippen LogP contribution is 2.33. The van der Waals surface area contributed by atoms with Crippen molar-refractivity contribution in [2.24, 2.45) is 11.3 Å². The van der Waals surface area contributed by atoms with Crippen LogP contribution >= 0.6 is 0 Å². The number of allylic oxidation sites excluding steroid dienone is 5. The van der Waals surface area contributed by atoms with Gasteiger partial charge in [0.05, 0.1) is 12.5 Å². The Morgan fingerprint density at radius 2 is 1.97 bits per heavy atom. The standard InChI is InChI=1S/C24H36O5/c1-17(2)8-7-12-23(5)13-9-19(16-25)20(26)10-15-24(6,28)21(11-14-23)29-22(27)18(3)4/h8-11,14-15,18,21,25,28H,7,12-13,16H2,1-6H3/b14-11+,15-10+,19-9-/t21-,23+,24-/m1/s1. The Kier molecular flexibility index (Phi) is 9.24. The van der Waals surface area contributed by atoms with E-state index in [1.54, 1.807) is 26.0 Å². The van der Waals surface area contributed by atoms with Gasteiger partial charge in [0.25, 0.3) is 0 Å². The molecule has 0 amide bonds. The second kappa shape index (κ2) is 10.7. The van der Waals surface area contributed by atoms with E-state index in [-0.39, 0.29) is 29.3 Å². The number of carbonyl (C=O) groups excluding carboxylic acids is 2. The second-order valence-corrected chi connectivity index (χ2v) is 8.86. The van der Waals surface area contributed by atoms with E-state index in [4.69, 9.17) is 4.74 Å². The largest absolute Gasteiger partial charge is 0.454 e. The van der Waals surface area contributed by atoms with Gasteiger partial charge in [-0.25, -0.2) is 0 Å². The van der Waals surface area contributed by atoms with Crippen molar-refractivity contribution in [2.45, 2.75) is 72.5 Å². The summed E-state index contributed by atoms with van der Waals surface area (Å²) in [5, 5.41) is 20.5. The van der Waals surface area contributed by atoms with Crippen molar-refractivity contribution < 1.29 is 24.5 Å². The maximum atomic E-state index is 12.5. The fourth-order valence-electron chi connectivity index (χ4n) is 2.92. The SMILES string of the molecule is CC(C)=CCC[C@]1(C)/C=C/[C@@H](OC(=O)C(C)C)[C@](C)(O)/C=C/C(=O)/C(CO)=C\C1. The molecule has 0 unspecified atom stereocenters. The van der Waals surface area contributed by atoms with Crippen LogP contribution in [0.25, 0.3) is 0 Å². The van der Waals surface area contributed by atoms with Crippen molar-refractivity contribution in [1.82, 2.24) is 0 Å². The lowest BCUT2D eigenvalue weighted by Gasteiger charge is -2.30. The lowest BCUT2D eigenvalue weighted by Crippen LogP contribution is -2.40. The Balaban J connectivity index is 3.36. The number of carbonyl (C=O) groups is 2. The first-order valence-electron chi connectivity index (χ1n) is 10.2. The number of aliphatic hydroxyl groups is 2. The average molecular weight is 405 g/mol. The molecule has 0 aromatic rings. The normalized spacial score (nSPS) is 32.0. The molecular weight excluding hydrogens is 368 g/mol. The lowest BCUT2D eigenvalue weighted by atomic mass is 9.80. The van der Waals surface area contributed by atoms with Crippen molar-refractivity contribution >= 4 is 11.8 Å². The predicted octanol–water partition coefficient (Wildman–Crippen LogP) is 4.06. The van der Waals surface area contributed by atoms with E-state index < -0.39 is 17.7 Å². The summed E-state index contributed by atoms with van der Waals surface area (Å²) in [4.78, 5) is 24.6. The van der Waals surface area contributed by atoms with Gasteiger partial charge in [-0.3, -0.25) is 9.59 Å². The molecule has 1 rings (SSSR count). The molecule has 0 spiro atoms. The quantitative estimate of drug-likeness (QED) is 0.515.